The van der Waals surface area contributed by atoms with E-state index < -0.39 is 5.78 Å². The van der Waals surface area contributed by atoms with Crippen LogP contribution < -0.4 is 4.74 Å². The largest absolute Gasteiger partial charge is 0.434 e. The molecule has 30 heavy (non-hydrogen) atoms. The van der Waals surface area contributed by atoms with E-state index in [4.69, 9.17) is 39.5 Å². The van der Waals surface area contributed by atoms with Gasteiger partial charge in [0.1, 0.15) is 5.71 Å². The number of aromatic nitrogens is 2. The fraction of sp³-hybridized carbons (Fsp3) is 0.350. The number of ether oxygens (including phenoxy) is 1. The number of carbonyl (C=O) groups is 2. The molecule has 0 N–H and O–H groups in total. The van der Waals surface area contributed by atoms with Crippen LogP contribution in [0.5, 0.6) is 11.6 Å². The first-order valence-corrected chi connectivity index (χ1v) is 10.4. The lowest BCUT2D eigenvalue weighted by Crippen LogP contribution is -2.41. The van der Waals surface area contributed by atoms with Crippen molar-refractivity contribution in [3.05, 3.63) is 44.5 Å². The number of carbonyl (C=O) groups excluding carboxylic acids is 2. The van der Waals surface area contributed by atoms with Crippen molar-refractivity contribution in [3.63, 3.8) is 0 Å². The summed E-state index contributed by atoms with van der Waals surface area (Å²) >= 11 is 18.8. The van der Waals surface area contributed by atoms with Crippen LogP contribution in [0.25, 0.3) is 0 Å². The maximum atomic E-state index is 12.4. The summed E-state index contributed by atoms with van der Waals surface area (Å²) in [6.45, 7) is 7.55. The van der Waals surface area contributed by atoms with Crippen molar-refractivity contribution in [2.45, 2.75) is 46.1 Å². The molecule has 0 fully saturated rings. The Bertz CT molecular complexity index is 1030. The van der Waals surface area contributed by atoms with Gasteiger partial charge in [0, 0.05) is 17.7 Å². The van der Waals surface area contributed by atoms with Gasteiger partial charge in [0.05, 0.1) is 16.5 Å². The zero-order valence-corrected chi connectivity index (χ0v) is 19.0. The maximum absolute atomic E-state index is 12.4. The molecule has 0 aliphatic carbocycles. The fourth-order valence-electron chi connectivity index (χ4n) is 2.87. The summed E-state index contributed by atoms with van der Waals surface area (Å²) in [6.07, 6.45) is -0.261. The summed E-state index contributed by atoms with van der Waals surface area (Å²) < 4.78 is 5.75. The van der Waals surface area contributed by atoms with Gasteiger partial charge >= 0.3 is 0 Å². The van der Waals surface area contributed by atoms with Crippen LogP contribution in [0.1, 0.15) is 51.2 Å². The molecule has 0 radical (unpaired) electrons. The van der Waals surface area contributed by atoms with E-state index >= 15 is 0 Å². The number of ketones is 1. The first-order chi connectivity index (χ1) is 14.1. The molecule has 3 rings (SSSR count). The van der Waals surface area contributed by atoms with E-state index in [1.165, 1.54) is 17.1 Å². The number of hydrazone groups is 1. The van der Waals surface area contributed by atoms with E-state index in [0.717, 1.165) is 5.56 Å². The van der Waals surface area contributed by atoms with Gasteiger partial charge in [0.2, 0.25) is 5.88 Å². The molecule has 1 amide bonds. The Labute approximate surface area is 189 Å². The Balaban J connectivity index is 1.97. The molecule has 1 aromatic heterocycles. The van der Waals surface area contributed by atoms with Gasteiger partial charge in [0.15, 0.2) is 16.7 Å². The minimum absolute atomic E-state index is 0.116. The molecule has 0 atom stereocenters. The molecule has 0 spiro atoms. The summed E-state index contributed by atoms with van der Waals surface area (Å²) in [5.41, 5.74) is 1.28. The summed E-state index contributed by atoms with van der Waals surface area (Å²) in [5.74, 6) is -0.289. The Hall–Kier alpha value is -2.22. The molecule has 2 aromatic rings. The first-order valence-electron chi connectivity index (χ1n) is 9.22. The summed E-state index contributed by atoms with van der Waals surface area (Å²) in [5, 5.41) is 13.9. The van der Waals surface area contributed by atoms with Crippen LogP contribution in [0.2, 0.25) is 15.2 Å². The van der Waals surface area contributed by atoms with Crippen LogP contribution >= 0.6 is 34.8 Å². The molecule has 0 saturated carbocycles. The minimum atomic E-state index is -0.400. The lowest BCUT2D eigenvalue weighted by atomic mass is 10.0. The second-order valence-corrected chi connectivity index (χ2v) is 8.51. The van der Waals surface area contributed by atoms with Crippen LogP contribution in [0.4, 0.5) is 0 Å². The molecular formula is C20H19Cl3N4O3. The average molecular weight is 470 g/mol. The molecule has 1 aliphatic rings. The van der Waals surface area contributed by atoms with Crippen LogP contribution in [0.15, 0.2) is 23.3 Å². The van der Waals surface area contributed by atoms with Gasteiger partial charge < -0.3 is 4.74 Å². The molecule has 2 heterocycles. The Morgan fingerprint density at radius 3 is 2.20 bits per heavy atom. The van der Waals surface area contributed by atoms with Gasteiger partial charge in [-0.1, -0.05) is 48.7 Å². The van der Waals surface area contributed by atoms with E-state index in [9.17, 15) is 9.59 Å². The van der Waals surface area contributed by atoms with Crippen LogP contribution in [0.3, 0.4) is 0 Å². The predicted molar refractivity (Wildman–Crippen MR) is 116 cm³/mol. The summed E-state index contributed by atoms with van der Waals surface area (Å²) in [4.78, 5) is 24.4. The Morgan fingerprint density at radius 2 is 1.63 bits per heavy atom. The van der Waals surface area contributed by atoms with Gasteiger partial charge in [-0.05, 0) is 37.5 Å². The zero-order valence-electron chi connectivity index (χ0n) is 16.7. The molecule has 1 aromatic carbocycles. The van der Waals surface area contributed by atoms with Crippen LogP contribution in [-0.2, 0) is 9.59 Å². The summed E-state index contributed by atoms with van der Waals surface area (Å²) in [6, 6.07) is 4.51. The van der Waals surface area contributed by atoms with Crippen molar-refractivity contribution in [1.82, 2.24) is 15.2 Å². The normalized spacial score (nSPS) is 14.6. The standard InChI is InChI=1S/C20H19Cl3N4O3/c1-9(2)12-7-16(24-25-20(12)23)30-19-13(21)5-11(6-14(19)22)18-15(28)8-17(29)27(26-18)10(3)4/h5-7,9-10H,8H2,1-4H3. The number of Topliss-reactive ketones (excluding diaryl/α,β-unsaturated/α-hetero) is 1. The predicted octanol–water partition coefficient (Wildman–Crippen LogP) is 5.27. The van der Waals surface area contributed by atoms with E-state index in [-0.39, 0.29) is 51.7 Å². The Kier molecular flexibility index (Phi) is 6.65. The number of rotatable bonds is 5. The lowest BCUT2D eigenvalue weighted by Gasteiger charge is -2.26. The molecule has 158 valence electrons. The fourth-order valence-corrected chi connectivity index (χ4v) is 3.74. The second kappa shape index (κ2) is 8.88. The lowest BCUT2D eigenvalue weighted by molar-refractivity contribution is -0.136. The molecule has 1 aliphatic heterocycles. The topological polar surface area (TPSA) is 84.8 Å². The highest BCUT2D eigenvalue weighted by Crippen LogP contribution is 2.38. The zero-order chi connectivity index (χ0) is 22.2. The first kappa shape index (κ1) is 22.5. The Morgan fingerprint density at radius 1 is 1.00 bits per heavy atom. The number of hydrogen-bond acceptors (Lipinski definition) is 6. The van der Waals surface area contributed by atoms with Gasteiger partial charge in [-0.2, -0.15) is 5.10 Å². The SMILES string of the molecule is CC(C)c1cc(Oc2c(Cl)cc(C3=NN(C(C)C)C(=O)CC3=O)cc2Cl)nnc1Cl. The van der Waals surface area contributed by atoms with Gasteiger partial charge in [-0.15, -0.1) is 10.2 Å². The molecule has 0 bridgehead atoms. The monoisotopic (exact) mass is 468 g/mol. The van der Waals surface area contributed by atoms with E-state index in [2.05, 4.69) is 15.3 Å². The molecule has 0 saturated heterocycles. The van der Waals surface area contributed by atoms with E-state index in [0.29, 0.717) is 10.7 Å². The van der Waals surface area contributed by atoms with E-state index in [1.54, 1.807) is 6.07 Å². The summed E-state index contributed by atoms with van der Waals surface area (Å²) in [7, 11) is 0. The van der Waals surface area contributed by atoms with E-state index in [1.807, 2.05) is 27.7 Å². The maximum Gasteiger partial charge on any atom is 0.250 e. The highest BCUT2D eigenvalue weighted by molar-refractivity contribution is 6.50. The molecular weight excluding hydrogens is 451 g/mol. The molecule has 10 heteroatoms. The third-order valence-electron chi connectivity index (χ3n) is 4.38. The minimum Gasteiger partial charge on any atom is -0.434 e. The van der Waals surface area contributed by atoms with Gasteiger partial charge in [0.25, 0.3) is 5.91 Å². The highest BCUT2D eigenvalue weighted by Gasteiger charge is 2.30. The van der Waals surface area contributed by atoms with Crippen molar-refractivity contribution >= 4 is 52.2 Å². The van der Waals surface area contributed by atoms with Crippen molar-refractivity contribution in [2.75, 3.05) is 0 Å². The van der Waals surface area contributed by atoms with Crippen molar-refractivity contribution in [1.29, 1.82) is 0 Å². The second-order valence-electron chi connectivity index (χ2n) is 7.34. The van der Waals surface area contributed by atoms with Gasteiger partial charge in [-0.25, -0.2) is 5.01 Å². The van der Waals surface area contributed by atoms with Crippen molar-refractivity contribution < 1.29 is 14.3 Å². The van der Waals surface area contributed by atoms with Crippen molar-refractivity contribution in [3.8, 4) is 11.6 Å². The van der Waals surface area contributed by atoms with Gasteiger partial charge in [-0.3, -0.25) is 9.59 Å². The number of benzene rings is 1. The quantitative estimate of drug-likeness (QED) is 0.557. The third-order valence-corrected chi connectivity index (χ3v) is 5.24. The molecule has 7 nitrogen and oxygen atoms in total. The van der Waals surface area contributed by atoms with Crippen LogP contribution in [-0.4, -0.2) is 38.7 Å². The third kappa shape index (κ3) is 4.58. The highest BCUT2D eigenvalue weighted by atomic mass is 35.5. The van der Waals surface area contributed by atoms with Crippen molar-refractivity contribution in [2.24, 2.45) is 5.10 Å². The average Bonchev–Trinajstić information content (AvgIpc) is 2.65. The number of halogens is 3. The number of hydrogen-bond donors (Lipinski definition) is 0. The smallest absolute Gasteiger partial charge is 0.250 e. The van der Waals surface area contributed by atoms with Crippen LogP contribution in [0, 0.1) is 0 Å². The number of amides is 1. The number of nitrogens with zero attached hydrogens (tertiary/aromatic N) is 4. The molecule has 0 unspecified atom stereocenters.